The highest BCUT2D eigenvalue weighted by molar-refractivity contribution is 7.89. The second-order valence-corrected chi connectivity index (χ2v) is 10.8. The molecule has 0 spiro atoms. The van der Waals surface area contributed by atoms with E-state index in [4.69, 9.17) is 4.74 Å². The molecule has 2 heterocycles. The zero-order chi connectivity index (χ0) is 26.0. The molecule has 37 heavy (non-hydrogen) atoms. The molecule has 2 N–H and O–H groups in total. The number of hydrogen-bond acceptors (Lipinski definition) is 7. The molecule has 0 atom stereocenters. The average Bonchev–Trinajstić information content (AvgIpc) is 3.57. The summed E-state index contributed by atoms with van der Waals surface area (Å²) in [6.07, 6.45) is 6.93. The standard InChI is InChI=1S/C26H27N5O5S/c1-30-15-19(7-13-26(30)33)18-6-12-24(25(14-18)37(34,35)28-20-4-2-3-5-20)36-17-21-16-31(29-27-21)22-8-10-23(32)11-9-22/h6-16,20,28,32H,2-5,17H2,1H3. The molecular weight excluding hydrogens is 494 g/mol. The van der Waals surface area contributed by atoms with Crippen molar-refractivity contribution in [2.45, 2.75) is 43.2 Å². The van der Waals surface area contributed by atoms with E-state index in [1.807, 2.05) is 0 Å². The van der Waals surface area contributed by atoms with Gasteiger partial charge in [0.25, 0.3) is 0 Å². The van der Waals surface area contributed by atoms with E-state index >= 15 is 0 Å². The predicted molar refractivity (Wildman–Crippen MR) is 137 cm³/mol. The first-order chi connectivity index (χ1) is 17.8. The largest absolute Gasteiger partial charge is 0.508 e. The van der Waals surface area contributed by atoms with Crippen molar-refractivity contribution in [3.63, 3.8) is 0 Å². The van der Waals surface area contributed by atoms with Gasteiger partial charge < -0.3 is 14.4 Å². The highest BCUT2D eigenvalue weighted by Gasteiger charge is 2.26. The van der Waals surface area contributed by atoms with Gasteiger partial charge in [-0.25, -0.2) is 17.8 Å². The number of aryl methyl sites for hydroxylation is 1. The smallest absolute Gasteiger partial charge is 0.250 e. The van der Waals surface area contributed by atoms with Crippen LogP contribution in [0.25, 0.3) is 16.8 Å². The molecule has 11 heteroatoms. The number of rotatable bonds is 8. The first-order valence-corrected chi connectivity index (χ1v) is 13.4. The van der Waals surface area contributed by atoms with Crippen molar-refractivity contribution >= 4 is 10.0 Å². The maximum absolute atomic E-state index is 13.4. The Bertz CT molecular complexity index is 1570. The van der Waals surface area contributed by atoms with Crippen LogP contribution in [0.1, 0.15) is 31.4 Å². The number of nitrogens with zero attached hydrogens (tertiary/aromatic N) is 4. The van der Waals surface area contributed by atoms with E-state index in [0.29, 0.717) is 22.5 Å². The third kappa shape index (κ3) is 5.57. The minimum atomic E-state index is -3.88. The van der Waals surface area contributed by atoms with Crippen LogP contribution in [0.3, 0.4) is 0 Å². The molecule has 1 aliphatic carbocycles. The number of pyridine rings is 1. The van der Waals surface area contributed by atoms with Gasteiger partial charge in [0.1, 0.15) is 28.7 Å². The van der Waals surface area contributed by atoms with Gasteiger partial charge in [-0.15, -0.1) is 5.10 Å². The number of aromatic nitrogens is 4. The molecule has 1 fully saturated rings. The summed E-state index contributed by atoms with van der Waals surface area (Å²) < 4.78 is 38.6. The van der Waals surface area contributed by atoms with Crippen molar-refractivity contribution in [3.05, 3.63) is 83.0 Å². The quantitative estimate of drug-likeness (QED) is 0.365. The van der Waals surface area contributed by atoms with Crippen LogP contribution >= 0.6 is 0 Å². The number of phenolic OH excluding ortho intramolecular Hbond substituents is 1. The number of benzene rings is 2. The third-order valence-electron chi connectivity index (χ3n) is 6.36. The van der Waals surface area contributed by atoms with Crippen molar-refractivity contribution in [1.82, 2.24) is 24.3 Å². The molecule has 5 rings (SSSR count). The van der Waals surface area contributed by atoms with E-state index in [1.165, 1.54) is 10.6 Å². The Balaban J connectivity index is 1.44. The molecule has 2 aromatic carbocycles. The Hall–Kier alpha value is -3.96. The second-order valence-electron chi connectivity index (χ2n) is 9.09. The van der Waals surface area contributed by atoms with Gasteiger partial charge in [-0.05, 0) is 66.4 Å². The topological polar surface area (TPSA) is 128 Å². The number of aromatic hydroxyl groups is 1. The number of nitrogens with one attached hydrogen (secondary N) is 1. The summed E-state index contributed by atoms with van der Waals surface area (Å²) in [5.41, 5.74) is 2.42. The predicted octanol–water partition coefficient (Wildman–Crippen LogP) is 3.14. The first-order valence-electron chi connectivity index (χ1n) is 12.0. The van der Waals surface area contributed by atoms with Crippen molar-refractivity contribution in [2.75, 3.05) is 0 Å². The summed E-state index contributed by atoms with van der Waals surface area (Å²) in [7, 11) is -2.23. The SMILES string of the molecule is Cn1cc(-c2ccc(OCc3cn(-c4ccc(O)cc4)nn3)c(S(=O)(=O)NC3CCCC3)c2)ccc1=O. The minimum absolute atomic E-state index is 0.00319. The fraction of sp³-hybridized carbons (Fsp3) is 0.269. The van der Waals surface area contributed by atoms with Gasteiger partial charge in [0.2, 0.25) is 15.6 Å². The van der Waals surface area contributed by atoms with E-state index in [-0.39, 0.29) is 34.6 Å². The lowest BCUT2D eigenvalue weighted by Gasteiger charge is -2.17. The Kier molecular flexibility index (Phi) is 6.81. The van der Waals surface area contributed by atoms with E-state index < -0.39 is 10.0 Å². The Morgan fingerprint density at radius 2 is 1.76 bits per heavy atom. The van der Waals surface area contributed by atoms with E-state index in [2.05, 4.69) is 15.0 Å². The summed E-state index contributed by atoms with van der Waals surface area (Å²) in [6, 6.07) is 14.5. The van der Waals surface area contributed by atoms with E-state index in [9.17, 15) is 18.3 Å². The summed E-state index contributed by atoms with van der Waals surface area (Å²) in [6.45, 7) is 0.00319. The fourth-order valence-electron chi connectivity index (χ4n) is 4.36. The lowest BCUT2D eigenvalue weighted by atomic mass is 10.1. The van der Waals surface area contributed by atoms with Crippen LogP contribution in [-0.4, -0.2) is 39.1 Å². The molecule has 0 aliphatic heterocycles. The Morgan fingerprint density at radius 3 is 2.49 bits per heavy atom. The van der Waals surface area contributed by atoms with Gasteiger partial charge in [-0.2, -0.15) is 0 Å². The summed E-state index contributed by atoms with van der Waals surface area (Å²) >= 11 is 0. The van der Waals surface area contributed by atoms with Crippen LogP contribution in [0, 0.1) is 0 Å². The molecule has 2 aromatic heterocycles. The zero-order valence-corrected chi connectivity index (χ0v) is 21.1. The first kappa shape index (κ1) is 24.7. The highest BCUT2D eigenvalue weighted by atomic mass is 32.2. The number of hydrogen-bond donors (Lipinski definition) is 2. The zero-order valence-electron chi connectivity index (χ0n) is 20.2. The third-order valence-corrected chi connectivity index (χ3v) is 7.90. The Morgan fingerprint density at radius 1 is 1.03 bits per heavy atom. The van der Waals surface area contributed by atoms with Gasteiger partial charge in [0.15, 0.2) is 0 Å². The van der Waals surface area contributed by atoms with Gasteiger partial charge in [-0.3, -0.25) is 4.79 Å². The molecule has 0 amide bonds. The van der Waals surface area contributed by atoms with Crippen LogP contribution in [0.5, 0.6) is 11.5 Å². The van der Waals surface area contributed by atoms with Crippen LogP contribution in [0.2, 0.25) is 0 Å². The van der Waals surface area contributed by atoms with Crippen LogP contribution in [0.15, 0.2) is 76.7 Å². The molecule has 1 saturated carbocycles. The number of sulfonamides is 1. The molecule has 0 unspecified atom stereocenters. The molecule has 0 saturated heterocycles. The van der Waals surface area contributed by atoms with Gasteiger partial charge in [0.05, 0.1) is 11.9 Å². The summed E-state index contributed by atoms with van der Waals surface area (Å²) in [5.74, 6) is 0.340. The fourth-order valence-corrected chi connectivity index (χ4v) is 5.83. The summed E-state index contributed by atoms with van der Waals surface area (Å²) in [4.78, 5) is 11.8. The molecule has 192 valence electrons. The van der Waals surface area contributed by atoms with E-state index in [0.717, 1.165) is 25.7 Å². The lowest BCUT2D eigenvalue weighted by molar-refractivity contribution is 0.293. The monoisotopic (exact) mass is 521 g/mol. The lowest BCUT2D eigenvalue weighted by Crippen LogP contribution is -2.33. The maximum atomic E-state index is 13.4. The maximum Gasteiger partial charge on any atom is 0.250 e. The van der Waals surface area contributed by atoms with Crippen LogP contribution < -0.4 is 15.0 Å². The van der Waals surface area contributed by atoms with Crippen molar-refractivity contribution in [1.29, 1.82) is 0 Å². The van der Waals surface area contributed by atoms with Crippen molar-refractivity contribution in [2.24, 2.45) is 7.05 Å². The molecule has 1 aliphatic rings. The summed E-state index contributed by atoms with van der Waals surface area (Å²) in [5, 5.41) is 17.7. The number of phenols is 1. The van der Waals surface area contributed by atoms with Crippen LogP contribution in [0.4, 0.5) is 0 Å². The minimum Gasteiger partial charge on any atom is -0.508 e. The van der Waals surface area contributed by atoms with Gasteiger partial charge >= 0.3 is 0 Å². The van der Waals surface area contributed by atoms with E-state index in [1.54, 1.807) is 72.7 Å². The second kappa shape index (κ2) is 10.2. The molecular formula is C26H27N5O5S. The number of ether oxygens (including phenoxy) is 1. The Labute approximate surface area is 214 Å². The molecule has 0 radical (unpaired) electrons. The van der Waals surface area contributed by atoms with Crippen LogP contribution in [-0.2, 0) is 23.7 Å². The molecule has 0 bridgehead atoms. The van der Waals surface area contributed by atoms with Gasteiger partial charge in [-0.1, -0.05) is 24.1 Å². The molecule has 4 aromatic rings. The normalized spacial score (nSPS) is 14.2. The van der Waals surface area contributed by atoms with Gasteiger partial charge in [0, 0.05) is 25.4 Å². The van der Waals surface area contributed by atoms with Crippen molar-refractivity contribution in [3.8, 4) is 28.3 Å². The molecule has 10 nitrogen and oxygen atoms in total. The highest BCUT2D eigenvalue weighted by Crippen LogP contribution is 2.31. The van der Waals surface area contributed by atoms with Crippen molar-refractivity contribution < 1.29 is 18.3 Å². The average molecular weight is 522 g/mol.